The molecule has 5 nitrogen and oxygen atoms in total. The molecule has 1 saturated heterocycles. The molecule has 2 heterocycles. The minimum Gasteiger partial charge on any atom is -0.457 e. The van der Waals surface area contributed by atoms with Crippen LogP contribution in [0, 0.1) is 0 Å². The van der Waals surface area contributed by atoms with Gasteiger partial charge < -0.3 is 9.47 Å². The Labute approximate surface area is 176 Å². The van der Waals surface area contributed by atoms with E-state index in [9.17, 15) is 13.2 Å². The van der Waals surface area contributed by atoms with Crippen LogP contribution >= 0.6 is 11.6 Å². The second-order valence-corrected chi connectivity index (χ2v) is 7.59. The molecule has 1 aromatic heterocycles. The van der Waals surface area contributed by atoms with Gasteiger partial charge in [0.1, 0.15) is 29.8 Å². The Morgan fingerprint density at radius 2 is 1.87 bits per heavy atom. The van der Waals surface area contributed by atoms with Crippen molar-refractivity contribution in [3.8, 4) is 11.5 Å². The molecule has 1 aliphatic heterocycles. The van der Waals surface area contributed by atoms with E-state index in [4.69, 9.17) is 21.1 Å². The molecule has 0 amide bonds. The maximum atomic E-state index is 14.1. The molecule has 9 heteroatoms. The van der Waals surface area contributed by atoms with Crippen molar-refractivity contribution in [2.24, 2.45) is 0 Å². The summed E-state index contributed by atoms with van der Waals surface area (Å²) in [5.74, 6) is 0.478. The second kappa shape index (κ2) is 8.28. The van der Waals surface area contributed by atoms with Crippen LogP contribution in [0.15, 0.2) is 55.1 Å². The number of nitrogens with zero attached hydrogens (tertiary/aromatic N) is 3. The van der Waals surface area contributed by atoms with Crippen LogP contribution < -0.4 is 4.74 Å². The first kappa shape index (κ1) is 20.7. The summed E-state index contributed by atoms with van der Waals surface area (Å²) in [7, 11) is 0. The van der Waals surface area contributed by atoms with Gasteiger partial charge in [-0.25, -0.2) is 9.67 Å². The zero-order chi connectivity index (χ0) is 21.2. The summed E-state index contributed by atoms with van der Waals surface area (Å²) in [6.45, 7) is 0.530. The van der Waals surface area contributed by atoms with Crippen molar-refractivity contribution in [3.63, 3.8) is 0 Å². The van der Waals surface area contributed by atoms with Crippen LogP contribution in [0.3, 0.4) is 0 Å². The Morgan fingerprint density at radius 3 is 2.50 bits per heavy atom. The predicted octanol–water partition coefficient (Wildman–Crippen LogP) is 5.84. The second-order valence-electron chi connectivity index (χ2n) is 7.15. The van der Waals surface area contributed by atoms with Crippen LogP contribution in [-0.2, 0) is 23.1 Å². The summed E-state index contributed by atoms with van der Waals surface area (Å²) >= 11 is 5.85. The summed E-state index contributed by atoms with van der Waals surface area (Å²) in [4.78, 5) is 3.90. The van der Waals surface area contributed by atoms with Gasteiger partial charge in [0, 0.05) is 11.6 Å². The fraction of sp³-hybridized carbons (Fsp3) is 0.333. The van der Waals surface area contributed by atoms with Crippen LogP contribution in [0.2, 0.25) is 5.02 Å². The third-order valence-corrected chi connectivity index (χ3v) is 5.33. The van der Waals surface area contributed by atoms with Gasteiger partial charge in [0.15, 0.2) is 0 Å². The van der Waals surface area contributed by atoms with Crippen molar-refractivity contribution < 1.29 is 22.6 Å². The lowest BCUT2D eigenvalue weighted by Crippen LogP contribution is -2.39. The van der Waals surface area contributed by atoms with E-state index in [1.807, 2.05) is 0 Å². The molecule has 1 aliphatic rings. The summed E-state index contributed by atoms with van der Waals surface area (Å²) in [5.41, 5.74) is -1.85. The number of ether oxygens (including phenoxy) is 2. The molecule has 0 spiro atoms. The highest BCUT2D eigenvalue weighted by atomic mass is 35.5. The smallest absolute Gasteiger partial charge is 0.416 e. The average molecular weight is 438 g/mol. The SMILES string of the molecule is FC(F)(F)c1cc(Oc2ccc(Cl)cc2)ccc1C1(Cn2cncn2)CCCCO1. The minimum atomic E-state index is -4.58. The molecule has 30 heavy (non-hydrogen) atoms. The van der Waals surface area contributed by atoms with Gasteiger partial charge in [-0.05, 0) is 61.2 Å². The number of aromatic nitrogens is 3. The Kier molecular flexibility index (Phi) is 5.71. The standard InChI is InChI=1S/C21H19ClF3N3O2/c22-15-3-5-16(6-4-15)30-17-7-8-18(19(11-17)21(23,24)25)20(9-1-2-10-29-20)12-28-14-26-13-27-28/h3-8,11,13-14H,1-2,9-10,12H2. The van der Waals surface area contributed by atoms with Gasteiger partial charge in [0.25, 0.3) is 0 Å². The molecular weight excluding hydrogens is 419 g/mol. The van der Waals surface area contributed by atoms with Crippen LogP contribution in [0.5, 0.6) is 11.5 Å². The third kappa shape index (κ3) is 4.44. The molecule has 0 radical (unpaired) electrons. The molecule has 0 aliphatic carbocycles. The number of alkyl halides is 3. The lowest BCUT2D eigenvalue weighted by molar-refractivity contribution is -0.146. The third-order valence-electron chi connectivity index (χ3n) is 5.07. The zero-order valence-corrected chi connectivity index (χ0v) is 16.7. The van der Waals surface area contributed by atoms with Crippen molar-refractivity contribution in [2.75, 3.05) is 6.61 Å². The van der Waals surface area contributed by atoms with E-state index < -0.39 is 17.3 Å². The van der Waals surface area contributed by atoms with Crippen molar-refractivity contribution in [1.82, 2.24) is 14.8 Å². The Morgan fingerprint density at radius 1 is 1.10 bits per heavy atom. The van der Waals surface area contributed by atoms with Gasteiger partial charge in [-0.2, -0.15) is 18.3 Å². The van der Waals surface area contributed by atoms with Gasteiger partial charge in [-0.15, -0.1) is 0 Å². The molecule has 158 valence electrons. The first-order chi connectivity index (χ1) is 14.4. The zero-order valence-electron chi connectivity index (χ0n) is 15.9. The molecule has 0 bridgehead atoms. The number of rotatable bonds is 5. The number of halogens is 4. The minimum absolute atomic E-state index is 0.0775. The molecule has 1 unspecified atom stereocenters. The molecule has 4 rings (SSSR count). The molecule has 3 aromatic rings. The van der Waals surface area contributed by atoms with Gasteiger partial charge in [-0.3, -0.25) is 0 Å². The van der Waals surface area contributed by atoms with Crippen molar-refractivity contribution in [3.05, 3.63) is 71.3 Å². The lowest BCUT2D eigenvalue weighted by atomic mass is 9.83. The Bertz CT molecular complexity index is 986. The molecular formula is C21H19ClF3N3O2. The maximum absolute atomic E-state index is 14.1. The van der Waals surface area contributed by atoms with E-state index in [0.717, 1.165) is 18.9 Å². The van der Waals surface area contributed by atoms with E-state index in [1.54, 1.807) is 24.3 Å². The largest absolute Gasteiger partial charge is 0.457 e. The number of hydrogen-bond acceptors (Lipinski definition) is 4. The van der Waals surface area contributed by atoms with Crippen molar-refractivity contribution >= 4 is 11.6 Å². The molecule has 0 N–H and O–H groups in total. The maximum Gasteiger partial charge on any atom is 0.416 e. The highest BCUT2D eigenvalue weighted by molar-refractivity contribution is 6.30. The van der Waals surface area contributed by atoms with E-state index in [0.29, 0.717) is 23.8 Å². The van der Waals surface area contributed by atoms with E-state index in [2.05, 4.69) is 10.1 Å². The van der Waals surface area contributed by atoms with Crippen LogP contribution in [0.4, 0.5) is 13.2 Å². The summed E-state index contributed by atoms with van der Waals surface area (Å²) < 4.78 is 55.3. The lowest BCUT2D eigenvalue weighted by Gasteiger charge is -2.39. The number of benzene rings is 2. The Hall–Kier alpha value is -2.58. The van der Waals surface area contributed by atoms with E-state index in [-0.39, 0.29) is 17.9 Å². The van der Waals surface area contributed by atoms with Crippen LogP contribution in [0.1, 0.15) is 30.4 Å². The highest BCUT2D eigenvalue weighted by Crippen LogP contribution is 2.45. The normalized spacial score (nSPS) is 19.6. The van der Waals surface area contributed by atoms with Gasteiger partial charge in [0.05, 0.1) is 12.1 Å². The summed E-state index contributed by atoms with van der Waals surface area (Å²) in [6.07, 6.45) is 0.265. The van der Waals surface area contributed by atoms with Crippen LogP contribution in [-0.4, -0.2) is 21.4 Å². The van der Waals surface area contributed by atoms with Gasteiger partial charge in [-0.1, -0.05) is 17.7 Å². The van der Waals surface area contributed by atoms with Crippen LogP contribution in [0.25, 0.3) is 0 Å². The summed E-state index contributed by atoms with van der Waals surface area (Å²) in [6, 6.07) is 10.4. The highest BCUT2D eigenvalue weighted by Gasteiger charge is 2.44. The number of hydrogen-bond donors (Lipinski definition) is 0. The molecule has 2 aromatic carbocycles. The monoisotopic (exact) mass is 437 g/mol. The quantitative estimate of drug-likeness (QED) is 0.503. The topological polar surface area (TPSA) is 49.2 Å². The fourth-order valence-electron chi connectivity index (χ4n) is 3.71. The molecule has 0 saturated carbocycles. The first-order valence-corrected chi connectivity index (χ1v) is 9.85. The Balaban J connectivity index is 1.74. The summed E-state index contributed by atoms with van der Waals surface area (Å²) in [5, 5.41) is 4.57. The average Bonchev–Trinajstić information content (AvgIpc) is 3.22. The predicted molar refractivity (Wildman–Crippen MR) is 104 cm³/mol. The van der Waals surface area contributed by atoms with E-state index >= 15 is 0 Å². The molecule has 1 atom stereocenters. The van der Waals surface area contributed by atoms with Gasteiger partial charge in [0.2, 0.25) is 0 Å². The van der Waals surface area contributed by atoms with E-state index in [1.165, 1.54) is 29.5 Å². The van der Waals surface area contributed by atoms with Gasteiger partial charge >= 0.3 is 6.18 Å². The fourth-order valence-corrected chi connectivity index (χ4v) is 3.83. The van der Waals surface area contributed by atoms with Crippen molar-refractivity contribution in [2.45, 2.75) is 37.6 Å². The molecule has 1 fully saturated rings. The first-order valence-electron chi connectivity index (χ1n) is 9.47. The van der Waals surface area contributed by atoms with Crippen molar-refractivity contribution in [1.29, 1.82) is 0 Å².